The molecule has 0 radical (unpaired) electrons. The summed E-state index contributed by atoms with van der Waals surface area (Å²) in [5.41, 5.74) is 6.80. The summed E-state index contributed by atoms with van der Waals surface area (Å²) in [4.78, 5) is 32.9. The van der Waals surface area contributed by atoms with E-state index in [0.717, 1.165) is 22.3 Å². The number of hydrogen-bond acceptors (Lipinski definition) is 7. The first-order chi connectivity index (χ1) is 23.7. The van der Waals surface area contributed by atoms with Crippen molar-refractivity contribution < 1.29 is 28.2 Å². The van der Waals surface area contributed by atoms with E-state index in [0.29, 0.717) is 22.3 Å². The predicted octanol–water partition coefficient (Wildman–Crippen LogP) is 7.36. The van der Waals surface area contributed by atoms with Crippen LogP contribution in [0.3, 0.4) is 0 Å². The topological polar surface area (TPSA) is 115 Å². The molecule has 252 valence electrons. The lowest BCUT2D eigenvalue weighted by molar-refractivity contribution is -0.124. The second-order valence-corrected chi connectivity index (χ2v) is 15.4. The van der Waals surface area contributed by atoms with E-state index < -0.39 is 25.3 Å². The second-order valence-electron chi connectivity index (χ2n) is 12.2. The number of halogens is 1. The van der Waals surface area contributed by atoms with Gasteiger partial charge >= 0.3 is 13.0 Å². The maximum atomic E-state index is 13.8. The van der Waals surface area contributed by atoms with Crippen LogP contribution in [0.2, 0.25) is 0 Å². The number of anilines is 1. The molecule has 1 aliphatic heterocycles. The number of nitrogens with one attached hydrogen (secondary N) is 1. The van der Waals surface area contributed by atoms with Crippen molar-refractivity contribution in [1.82, 2.24) is 19.1 Å². The summed E-state index contributed by atoms with van der Waals surface area (Å²) in [5.74, 6) is -0.363. The van der Waals surface area contributed by atoms with Crippen molar-refractivity contribution in [2.75, 3.05) is 45.7 Å². The summed E-state index contributed by atoms with van der Waals surface area (Å²) in [6.07, 6.45) is -0.299. The summed E-state index contributed by atoms with van der Waals surface area (Å²) in [6, 6.07) is 30.7. The maximum absolute atomic E-state index is 13.8. The van der Waals surface area contributed by atoms with Crippen molar-refractivity contribution in [3.05, 3.63) is 120 Å². The molecule has 7 rings (SSSR count). The van der Waals surface area contributed by atoms with E-state index >= 15 is 0 Å². The summed E-state index contributed by atoms with van der Waals surface area (Å²) < 4.78 is 33.9. The van der Waals surface area contributed by atoms with Crippen molar-refractivity contribution >= 4 is 46.8 Å². The first-order valence-electron chi connectivity index (χ1n) is 15.9. The standard InChI is InChI=1S/C36H35ClN5O6P/c1-40(2)49(37,45)47-21-25-19-41(36(44)46-22-30-28-15-8-6-13-26(28)27-14-7-9-16-29(27)30)20-33(48-25)42-23-38-34-31(17-10-18-32(34)42)39-35(43)24-11-4-3-5-12-24/h3-18,23,25,30,33H,19-22H2,1-2H3,(H,39,43)/t25-,33+,49?/m0/s1. The number of morpholine rings is 1. The van der Waals surface area contributed by atoms with Crippen molar-refractivity contribution in [2.45, 2.75) is 18.2 Å². The molecule has 49 heavy (non-hydrogen) atoms. The predicted molar refractivity (Wildman–Crippen MR) is 188 cm³/mol. The zero-order valence-corrected chi connectivity index (χ0v) is 28.6. The van der Waals surface area contributed by atoms with E-state index in [2.05, 4.69) is 34.6 Å². The Morgan fingerprint density at radius 2 is 1.59 bits per heavy atom. The van der Waals surface area contributed by atoms with E-state index in [9.17, 15) is 14.2 Å². The highest BCUT2D eigenvalue weighted by Gasteiger charge is 2.36. The van der Waals surface area contributed by atoms with Crippen LogP contribution in [-0.2, 0) is 18.6 Å². The molecule has 2 aliphatic rings. The molecule has 13 heteroatoms. The number of para-hydroxylation sites is 1. The number of aromatic nitrogens is 2. The van der Waals surface area contributed by atoms with Crippen molar-refractivity contribution in [3.8, 4) is 11.1 Å². The molecule has 2 heterocycles. The van der Waals surface area contributed by atoms with Crippen LogP contribution < -0.4 is 5.32 Å². The first kappa shape index (κ1) is 33.0. The molecular weight excluding hydrogens is 665 g/mol. The van der Waals surface area contributed by atoms with E-state index in [1.807, 2.05) is 42.5 Å². The molecule has 1 unspecified atom stereocenters. The Kier molecular flexibility index (Phi) is 9.28. The number of fused-ring (bicyclic) bond motifs is 4. The number of ether oxygens (including phenoxy) is 2. The normalized spacial score (nSPS) is 18.6. The minimum absolute atomic E-state index is 0.100. The zero-order chi connectivity index (χ0) is 34.1. The number of imidazole rings is 1. The Hall–Kier alpha value is -4.51. The van der Waals surface area contributed by atoms with E-state index in [-0.39, 0.29) is 38.1 Å². The van der Waals surface area contributed by atoms with Crippen molar-refractivity contribution in [2.24, 2.45) is 0 Å². The Morgan fingerprint density at radius 1 is 0.918 bits per heavy atom. The Balaban J connectivity index is 1.13. The smallest absolute Gasteiger partial charge is 0.410 e. The average Bonchev–Trinajstić information content (AvgIpc) is 3.70. The summed E-state index contributed by atoms with van der Waals surface area (Å²) in [7, 11) is 3.13. The zero-order valence-electron chi connectivity index (χ0n) is 26.9. The second kappa shape index (κ2) is 13.8. The molecule has 0 bridgehead atoms. The van der Waals surface area contributed by atoms with Crippen molar-refractivity contribution in [3.63, 3.8) is 0 Å². The third-order valence-corrected chi connectivity index (χ3v) is 11.5. The van der Waals surface area contributed by atoms with Gasteiger partial charge in [-0.05, 0) is 71.9 Å². The van der Waals surface area contributed by atoms with Gasteiger partial charge in [0.2, 0.25) is 0 Å². The van der Waals surface area contributed by atoms with Gasteiger partial charge in [-0.15, -0.1) is 0 Å². The van der Waals surface area contributed by atoms with Gasteiger partial charge in [-0.1, -0.05) is 72.8 Å². The van der Waals surface area contributed by atoms with Crippen LogP contribution in [0.1, 0.15) is 33.6 Å². The highest BCUT2D eigenvalue weighted by molar-refractivity contribution is 7.83. The highest BCUT2D eigenvalue weighted by Crippen LogP contribution is 2.54. The van der Waals surface area contributed by atoms with Gasteiger partial charge in [0.1, 0.15) is 18.2 Å². The van der Waals surface area contributed by atoms with Crippen LogP contribution in [0.25, 0.3) is 22.2 Å². The average molecular weight is 700 g/mol. The lowest BCUT2D eigenvalue weighted by Gasteiger charge is -2.38. The number of hydrogen-bond donors (Lipinski definition) is 1. The number of carbonyl (C=O) groups excluding carboxylic acids is 2. The molecule has 1 saturated heterocycles. The van der Waals surface area contributed by atoms with Gasteiger partial charge in [0, 0.05) is 11.5 Å². The third-order valence-electron chi connectivity index (χ3n) is 8.84. The van der Waals surface area contributed by atoms with Crippen LogP contribution in [0.15, 0.2) is 103 Å². The number of carbonyl (C=O) groups is 2. The van der Waals surface area contributed by atoms with Crippen LogP contribution in [-0.4, -0.2) is 77.6 Å². The van der Waals surface area contributed by atoms with Gasteiger partial charge in [-0.3, -0.25) is 9.36 Å². The van der Waals surface area contributed by atoms with E-state index in [4.69, 9.17) is 25.2 Å². The highest BCUT2D eigenvalue weighted by atomic mass is 35.7. The summed E-state index contributed by atoms with van der Waals surface area (Å²) in [5, 5.41) is 2.95. The molecule has 5 aromatic rings. The molecule has 11 nitrogen and oxygen atoms in total. The van der Waals surface area contributed by atoms with Crippen molar-refractivity contribution in [1.29, 1.82) is 0 Å². The molecule has 4 aromatic carbocycles. The van der Waals surface area contributed by atoms with Gasteiger partial charge in [0.25, 0.3) is 5.91 Å². The largest absolute Gasteiger partial charge is 0.448 e. The number of amides is 2. The molecule has 1 fully saturated rings. The Morgan fingerprint density at radius 3 is 2.29 bits per heavy atom. The molecule has 3 atom stereocenters. The molecule has 0 spiro atoms. The Labute approximate surface area is 288 Å². The summed E-state index contributed by atoms with van der Waals surface area (Å²) >= 11 is 6.16. The SMILES string of the molecule is CN(C)P(=O)(Cl)OC[C@@H]1CN(C(=O)OCC2c3ccccc3-c3ccccc32)C[C@H](n2cnc3c(NC(=O)c4ccccc4)cccc32)O1. The minimum atomic E-state index is -3.60. The monoisotopic (exact) mass is 699 g/mol. The number of nitrogens with zero attached hydrogens (tertiary/aromatic N) is 4. The van der Waals surface area contributed by atoms with Crippen LogP contribution in [0, 0.1) is 0 Å². The van der Waals surface area contributed by atoms with Gasteiger partial charge in [0.05, 0.1) is 37.2 Å². The van der Waals surface area contributed by atoms with E-state index in [1.165, 1.54) is 4.67 Å². The lowest BCUT2D eigenvalue weighted by atomic mass is 9.98. The van der Waals surface area contributed by atoms with Gasteiger partial charge < -0.3 is 28.8 Å². The molecule has 2 amide bonds. The quantitative estimate of drug-likeness (QED) is 0.159. The summed E-state index contributed by atoms with van der Waals surface area (Å²) in [6.45, 7) is -3.30. The van der Waals surface area contributed by atoms with Gasteiger partial charge in [0.15, 0.2) is 6.23 Å². The molecule has 0 saturated carbocycles. The fraction of sp³-hybridized carbons (Fsp3) is 0.250. The van der Waals surface area contributed by atoms with Crippen LogP contribution in [0.4, 0.5) is 10.5 Å². The fourth-order valence-electron chi connectivity index (χ4n) is 6.36. The number of rotatable bonds is 9. The first-order valence-corrected chi connectivity index (χ1v) is 18.4. The van der Waals surface area contributed by atoms with Crippen LogP contribution in [0.5, 0.6) is 0 Å². The maximum Gasteiger partial charge on any atom is 0.410 e. The number of benzene rings is 4. The molecular formula is C36H35ClN5O6P. The van der Waals surface area contributed by atoms with Crippen LogP contribution >= 0.6 is 18.1 Å². The third kappa shape index (κ3) is 6.73. The minimum Gasteiger partial charge on any atom is -0.448 e. The fourth-order valence-corrected chi connectivity index (χ4v) is 7.11. The van der Waals surface area contributed by atoms with E-state index in [1.54, 1.807) is 60.2 Å². The lowest BCUT2D eigenvalue weighted by Crippen LogP contribution is -2.50. The molecule has 1 N–H and O–H groups in total. The van der Waals surface area contributed by atoms with Gasteiger partial charge in [-0.2, -0.15) is 0 Å². The molecule has 1 aliphatic carbocycles. The van der Waals surface area contributed by atoms with Gasteiger partial charge in [-0.25, -0.2) is 14.4 Å². The molecule has 1 aromatic heterocycles. The Bertz CT molecular complexity index is 2010.